The minimum absolute atomic E-state index is 0.0736. The molecular weight excluding hydrogens is 187 g/mol. The van der Waals surface area contributed by atoms with Crippen LogP contribution in [0.25, 0.3) is 0 Å². The first kappa shape index (κ1) is 12.2. The van der Waals surface area contributed by atoms with Gasteiger partial charge in [0.05, 0.1) is 0 Å². The van der Waals surface area contributed by atoms with Crippen LogP contribution in [0.15, 0.2) is 12.1 Å². The second kappa shape index (κ2) is 3.96. The summed E-state index contributed by atoms with van der Waals surface area (Å²) in [5.74, 6) is 0.169. The van der Waals surface area contributed by atoms with Gasteiger partial charge in [-0.2, -0.15) is 0 Å². The number of benzene rings is 1. The van der Waals surface area contributed by atoms with Crippen LogP contribution in [0.3, 0.4) is 0 Å². The maximum atomic E-state index is 13.7. The van der Waals surface area contributed by atoms with E-state index in [4.69, 9.17) is 0 Å². The van der Waals surface area contributed by atoms with Crippen LogP contribution in [0.2, 0.25) is 0 Å². The molecule has 0 radical (unpaired) electrons. The molecule has 0 spiro atoms. The summed E-state index contributed by atoms with van der Waals surface area (Å²) < 4.78 is 13.7. The van der Waals surface area contributed by atoms with Gasteiger partial charge in [-0.3, -0.25) is 0 Å². The lowest BCUT2D eigenvalue weighted by Crippen LogP contribution is -2.14. The summed E-state index contributed by atoms with van der Waals surface area (Å²) in [4.78, 5) is 0. The van der Waals surface area contributed by atoms with Crippen LogP contribution in [0.4, 0.5) is 4.39 Å². The number of rotatable bonds is 1. The van der Waals surface area contributed by atoms with Crippen molar-refractivity contribution < 1.29 is 4.39 Å². The van der Waals surface area contributed by atoms with Crippen LogP contribution in [0.5, 0.6) is 0 Å². The monoisotopic (exact) mass is 208 g/mol. The van der Waals surface area contributed by atoms with E-state index in [1.807, 2.05) is 26.8 Å². The highest BCUT2D eigenvalue weighted by molar-refractivity contribution is 5.37. The van der Waals surface area contributed by atoms with E-state index < -0.39 is 0 Å². The van der Waals surface area contributed by atoms with Crippen molar-refractivity contribution in [3.8, 4) is 0 Å². The van der Waals surface area contributed by atoms with Gasteiger partial charge in [-0.05, 0) is 41.0 Å². The van der Waals surface area contributed by atoms with Crippen LogP contribution in [0, 0.1) is 12.7 Å². The Hall–Kier alpha value is -0.850. The van der Waals surface area contributed by atoms with Crippen molar-refractivity contribution in [3.63, 3.8) is 0 Å². The zero-order chi connectivity index (χ0) is 11.8. The third-order valence-corrected chi connectivity index (χ3v) is 2.77. The molecule has 84 valence electrons. The van der Waals surface area contributed by atoms with Gasteiger partial charge in [-0.1, -0.05) is 40.7 Å². The van der Waals surface area contributed by atoms with Crippen molar-refractivity contribution in [1.82, 2.24) is 0 Å². The molecular formula is C14H21F. The summed E-state index contributed by atoms with van der Waals surface area (Å²) in [6.45, 7) is 12.5. The Bertz CT molecular complexity index is 356. The van der Waals surface area contributed by atoms with E-state index in [1.165, 1.54) is 5.56 Å². The van der Waals surface area contributed by atoms with E-state index in [-0.39, 0.29) is 17.2 Å². The molecule has 0 aliphatic carbocycles. The van der Waals surface area contributed by atoms with E-state index in [0.29, 0.717) is 0 Å². The normalized spacial score (nSPS) is 12.3. The van der Waals surface area contributed by atoms with Crippen LogP contribution in [-0.4, -0.2) is 0 Å². The van der Waals surface area contributed by atoms with Gasteiger partial charge in [0.1, 0.15) is 5.82 Å². The molecule has 0 fully saturated rings. The molecule has 0 nitrogen and oxygen atoms in total. The SMILES string of the molecule is Cc1cc(F)c(C(C)C)cc1C(C)(C)C. The summed E-state index contributed by atoms with van der Waals surface area (Å²) in [6, 6.07) is 3.69. The van der Waals surface area contributed by atoms with Gasteiger partial charge in [0.15, 0.2) is 0 Å². The lowest BCUT2D eigenvalue weighted by atomic mass is 9.82. The third kappa shape index (κ3) is 2.58. The average molecular weight is 208 g/mol. The lowest BCUT2D eigenvalue weighted by molar-refractivity contribution is 0.566. The zero-order valence-corrected chi connectivity index (χ0v) is 10.6. The van der Waals surface area contributed by atoms with Crippen molar-refractivity contribution in [2.45, 2.75) is 52.9 Å². The van der Waals surface area contributed by atoms with Gasteiger partial charge in [0.2, 0.25) is 0 Å². The molecule has 1 rings (SSSR count). The molecule has 0 aliphatic heterocycles. The van der Waals surface area contributed by atoms with Crippen LogP contribution in [-0.2, 0) is 5.41 Å². The van der Waals surface area contributed by atoms with Gasteiger partial charge >= 0.3 is 0 Å². The molecule has 0 N–H and O–H groups in total. The fourth-order valence-corrected chi connectivity index (χ4v) is 1.94. The van der Waals surface area contributed by atoms with Gasteiger partial charge in [0, 0.05) is 0 Å². The van der Waals surface area contributed by atoms with E-state index >= 15 is 0 Å². The molecule has 0 aliphatic rings. The first-order valence-electron chi connectivity index (χ1n) is 5.54. The molecule has 1 aromatic carbocycles. The first-order chi connectivity index (χ1) is 6.73. The van der Waals surface area contributed by atoms with E-state index in [0.717, 1.165) is 11.1 Å². The Morgan fingerprint density at radius 3 is 2.07 bits per heavy atom. The zero-order valence-electron chi connectivity index (χ0n) is 10.6. The molecule has 0 unspecified atom stereocenters. The Morgan fingerprint density at radius 1 is 1.13 bits per heavy atom. The largest absolute Gasteiger partial charge is 0.207 e. The Labute approximate surface area is 92.5 Å². The van der Waals surface area contributed by atoms with E-state index in [2.05, 4.69) is 20.8 Å². The van der Waals surface area contributed by atoms with Crippen molar-refractivity contribution in [3.05, 3.63) is 34.6 Å². The predicted octanol–water partition coefficient (Wildman–Crippen LogP) is 4.56. The summed E-state index contributed by atoms with van der Waals surface area (Å²) in [6.07, 6.45) is 0. The topological polar surface area (TPSA) is 0 Å². The standard InChI is InChI=1S/C14H21F/c1-9(2)11-8-12(14(4,5)6)10(3)7-13(11)15/h7-9H,1-6H3. The fourth-order valence-electron chi connectivity index (χ4n) is 1.94. The smallest absolute Gasteiger partial charge is 0.126 e. The Balaban J connectivity index is 3.37. The highest BCUT2D eigenvalue weighted by Gasteiger charge is 2.19. The van der Waals surface area contributed by atoms with Gasteiger partial charge < -0.3 is 0 Å². The highest BCUT2D eigenvalue weighted by Crippen LogP contribution is 2.30. The first-order valence-corrected chi connectivity index (χ1v) is 5.54. The second-order valence-electron chi connectivity index (χ2n) is 5.59. The molecule has 1 aromatic rings. The summed E-state index contributed by atoms with van der Waals surface area (Å²) >= 11 is 0. The fraction of sp³-hybridized carbons (Fsp3) is 0.571. The van der Waals surface area contributed by atoms with Crippen molar-refractivity contribution in [2.75, 3.05) is 0 Å². The average Bonchev–Trinajstić information content (AvgIpc) is 2.00. The number of halogens is 1. The van der Waals surface area contributed by atoms with Gasteiger partial charge in [-0.25, -0.2) is 4.39 Å². The molecule has 15 heavy (non-hydrogen) atoms. The molecule has 0 atom stereocenters. The van der Waals surface area contributed by atoms with Crippen molar-refractivity contribution in [1.29, 1.82) is 0 Å². The lowest BCUT2D eigenvalue weighted by Gasteiger charge is -2.23. The summed E-state index contributed by atoms with van der Waals surface area (Å²) in [5, 5.41) is 0. The predicted molar refractivity (Wildman–Crippen MR) is 63.9 cm³/mol. The Kier molecular flexibility index (Phi) is 3.22. The summed E-state index contributed by atoms with van der Waals surface area (Å²) in [7, 11) is 0. The third-order valence-electron chi connectivity index (χ3n) is 2.77. The number of hydrogen-bond acceptors (Lipinski definition) is 0. The maximum absolute atomic E-state index is 13.7. The molecule has 0 saturated carbocycles. The molecule has 0 amide bonds. The second-order valence-corrected chi connectivity index (χ2v) is 5.59. The van der Waals surface area contributed by atoms with E-state index in [9.17, 15) is 4.39 Å². The molecule has 0 saturated heterocycles. The van der Waals surface area contributed by atoms with E-state index in [1.54, 1.807) is 6.07 Å². The van der Waals surface area contributed by atoms with Gasteiger partial charge in [0.25, 0.3) is 0 Å². The quantitative estimate of drug-likeness (QED) is 0.635. The van der Waals surface area contributed by atoms with Gasteiger partial charge in [-0.15, -0.1) is 0 Å². The molecule has 0 bridgehead atoms. The number of hydrogen-bond donors (Lipinski definition) is 0. The minimum atomic E-state index is -0.0736. The number of aryl methyl sites for hydroxylation is 1. The maximum Gasteiger partial charge on any atom is 0.126 e. The Morgan fingerprint density at radius 2 is 1.67 bits per heavy atom. The van der Waals surface area contributed by atoms with Crippen LogP contribution < -0.4 is 0 Å². The van der Waals surface area contributed by atoms with Crippen molar-refractivity contribution >= 4 is 0 Å². The highest BCUT2D eigenvalue weighted by atomic mass is 19.1. The molecule has 1 heteroatoms. The minimum Gasteiger partial charge on any atom is -0.207 e. The molecule has 0 aromatic heterocycles. The summed E-state index contributed by atoms with van der Waals surface area (Å²) in [5.41, 5.74) is 3.20. The van der Waals surface area contributed by atoms with Crippen LogP contribution in [0.1, 0.15) is 57.2 Å². The molecule has 0 heterocycles. The van der Waals surface area contributed by atoms with Crippen molar-refractivity contribution in [2.24, 2.45) is 0 Å². The van der Waals surface area contributed by atoms with Crippen LogP contribution >= 0.6 is 0 Å².